The highest BCUT2D eigenvalue weighted by Gasteiger charge is 2.23. The maximum atomic E-state index is 14.6. The molecule has 26 heavy (non-hydrogen) atoms. The number of nitrogens with zero attached hydrogens (tertiary/aromatic N) is 3. The van der Waals surface area contributed by atoms with Crippen LogP contribution in [0.2, 0.25) is 5.15 Å². The summed E-state index contributed by atoms with van der Waals surface area (Å²) in [6.45, 7) is 0. The highest BCUT2D eigenvalue weighted by atomic mass is 35.5. The number of hydrogen-bond acceptors (Lipinski definition) is 3. The molecular weight excluding hydrogens is 369 g/mol. The summed E-state index contributed by atoms with van der Waals surface area (Å²) in [6, 6.07) is 4.61. The predicted octanol–water partition coefficient (Wildman–Crippen LogP) is 4.27. The number of benzene rings is 1. The summed E-state index contributed by atoms with van der Waals surface area (Å²) >= 11 is 6.31. The van der Waals surface area contributed by atoms with Crippen molar-refractivity contribution in [3.05, 3.63) is 65.0 Å². The van der Waals surface area contributed by atoms with E-state index >= 15 is 0 Å². The Balaban J connectivity index is 2.05. The van der Waals surface area contributed by atoms with Gasteiger partial charge in [-0.05, 0) is 18.2 Å². The second-order valence-electron chi connectivity index (χ2n) is 5.47. The minimum Gasteiger partial charge on any atom is -0.298 e. The van der Waals surface area contributed by atoms with Crippen molar-refractivity contribution < 1.29 is 18.0 Å². The third-order valence-corrected chi connectivity index (χ3v) is 4.26. The smallest absolute Gasteiger partial charge is 0.216 e. The molecule has 0 amide bonds. The van der Waals surface area contributed by atoms with Crippen molar-refractivity contribution in [2.75, 3.05) is 0 Å². The lowest BCUT2D eigenvalue weighted by molar-refractivity contribution is 0.112. The fraction of sp³-hybridized carbons (Fsp3) is 0. The number of rotatable bonds is 3. The summed E-state index contributed by atoms with van der Waals surface area (Å²) in [5.41, 5.74) is 0.244. The van der Waals surface area contributed by atoms with E-state index in [9.17, 15) is 18.0 Å². The lowest BCUT2D eigenvalue weighted by Crippen LogP contribution is -1.94. The quantitative estimate of drug-likeness (QED) is 0.543. The van der Waals surface area contributed by atoms with E-state index in [2.05, 4.69) is 15.2 Å². The van der Waals surface area contributed by atoms with Gasteiger partial charge in [0.1, 0.15) is 34.4 Å². The van der Waals surface area contributed by atoms with Crippen molar-refractivity contribution in [2.24, 2.45) is 0 Å². The average Bonchev–Trinajstić information content (AvgIpc) is 3.17. The van der Waals surface area contributed by atoms with Crippen LogP contribution < -0.4 is 0 Å². The van der Waals surface area contributed by atoms with Crippen LogP contribution in [-0.2, 0) is 0 Å². The monoisotopic (exact) mass is 376 g/mol. The van der Waals surface area contributed by atoms with Crippen molar-refractivity contribution in [1.29, 1.82) is 0 Å². The molecule has 0 aliphatic rings. The van der Waals surface area contributed by atoms with Gasteiger partial charge in [0, 0.05) is 29.0 Å². The average molecular weight is 377 g/mol. The normalized spacial score (nSPS) is 11.2. The molecule has 130 valence electrons. The molecule has 5 nitrogen and oxygen atoms in total. The lowest BCUT2D eigenvalue weighted by Gasteiger charge is -2.08. The zero-order valence-electron chi connectivity index (χ0n) is 12.8. The first-order chi connectivity index (χ1) is 12.5. The first-order valence-electron chi connectivity index (χ1n) is 7.31. The van der Waals surface area contributed by atoms with E-state index < -0.39 is 17.6 Å². The molecule has 3 aromatic heterocycles. The van der Waals surface area contributed by atoms with Crippen LogP contribution in [0.4, 0.5) is 13.2 Å². The number of pyridine rings is 1. The predicted molar refractivity (Wildman–Crippen MR) is 88.5 cm³/mol. The molecule has 0 bridgehead atoms. The second kappa shape index (κ2) is 5.99. The summed E-state index contributed by atoms with van der Waals surface area (Å²) in [5, 5.41) is 5.65. The number of hydrogen-bond donors (Lipinski definition) is 1. The molecule has 0 saturated carbocycles. The van der Waals surface area contributed by atoms with Gasteiger partial charge in [0.05, 0.1) is 11.8 Å². The summed E-state index contributed by atoms with van der Waals surface area (Å²) in [6.07, 6.45) is 3.24. The SMILES string of the molecule is O=Cc1ccn2c(Cl)c(-c3c(F)cc(F)cc3-c3cn[nH]c3F)nc2c1. The van der Waals surface area contributed by atoms with E-state index in [0.717, 1.165) is 12.3 Å². The van der Waals surface area contributed by atoms with E-state index in [1.807, 2.05) is 0 Å². The Morgan fingerprint density at radius 1 is 1.15 bits per heavy atom. The van der Waals surface area contributed by atoms with Crippen LogP contribution in [-0.4, -0.2) is 25.9 Å². The van der Waals surface area contributed by atoms with Crippen LogP contribution in [0.15, 0.2) is 36.7 Å². The van der Waals surface area contributed by atoms with Gasteiger partial charge in [0.25, 0.3) is 0 Å². The third-order valence-electron chi connectivity index (χ3n) is 3.90. The largest absolute Gasteiger partial charge is 0.298 e. The molecule has 9 heteroatoms. The molecule has 0 spiro atoms. The topological polar surface area (TPSA) is 63.1 Å². The van der Waals surface area contributed by atoms with Gasteiger partial charge < -0.3 is 0 Å². The van der Waals surface area contributed by atoms with E-state index in [1.165, 1.54) is 22.7 Å². The maximum absolute atomic E-state index is 14.6. The maximum Gasteiger partial charge on any atom is 0.216 e. The lowest BCUT2D eigenvalue weighted by atomic mass is 9.99. The molecule has 0 unspecified atom stereocenters. The minimum atomic E-state index is -0.957. The van der Waals surface area contributed by atoms with Gasteiger partial charge in [0.15, 0.2) is 0 Å². The second-order valence-corrected chi connectivity index (χ2v) is 5.82. The highest BCUT2D eigenvalue weighted by molar-refractivity contribution is 6.32. The van der Waals surface area contributed by atoms with E-state index in [0.29, 0.717) is 17.9 Å². The number of aromatic nitrogens is 4. The number of H-pyrrole nitrogens is 1. The van der Waals surface area contributed by atoms with Crippen LogP contribution in [0.25, 0.3) is 28.0 Å². The molecule has 4 aromatic rings. The van der Waals surface area contributed by atoms with Crippen molar-refractivity contribution in [3.63, 3.8) is 0 Å². The van der Waals surface area contributed by atoms with Gasteiger partial charge in [-0.3, -0.25) is 14.3 Å². The number of fused-ring (bicyclic) bond motifs is 1. The minimum absolute atomic E-state index is 0.0113. The molecule has 0 radical (unpaired) electrons. The number of aromatic amines is 1. The number of carbonyl (C=O) groups is 1. The Morgan fingerprint density at radius 2 is 1.96 bits per heavy atom. The van der Waals surface area contributed by atoms with Gasteiger partial charge in [-0.1, -0.05) is 11.6 Å². The standard InChI is InChI=1S/C17H8ClF3N4O/c18-16-15(23-13-3-8(7-26)1-2-25(13)16)14-10(4-9(19)5-12(14)20)11-6-22-24-17(11)21/h1-7H,(H,22,24). The number of aldehydes is 1. The van der Waals surface area contributed by atoms with Crippen molar-refractivity contribution in [3.8, 4) is 22.4 Å². The molecule has 1 aromatic carbocycles. The molecule has 4 rings (SSSR count). The van der Waals surface area contributed by atoms with Gasteiger partial charge in [-0.25, -0.2) is 13.8 Å². The van der Waals surface area contributed by atoms with Crippen LogP contribution in [0.1, 0.15) is 10.4 Å². The molecular formula is C17H8ClF3N4O. The number of nitrogens with one attached hydrogen (secondary N) is 1. The van der Waals surface area contributed by atoms with Crippen molar-refractivity contribution in [1.82, 2.24) is 19.6 Å². The van der Waals surface area contributed by atoms with Crippen LogP contribution in [0.3, 0.4) is 0 Å². The fourth-order valence-corrected chi connectivity index (χ4v) is 3.03. The van der Waals surface area contributed by atoms with E-state index in [4.69, 9.17) is 11.6 Å². The first-order valence-corrected chi connectivity index (χ1v) is 7.69. The summed E-state index contributed by atoms with van der Waals surface area (Å²) in [5.74, 6) is -2.69. The van der Waals surface area contributed by atoms with Gasteiger partial charge >= 0.3 is 0 Å². The zero-order valence-corrected chi connectivity index (χ0v) is 13.6. The molecule has 1 N–H and O–H groups in total. The Hall–Kier alpha value is -3.13. The van der Waals surface area contributed by atoms with E-state index in [-0.39, 0.29) is 33.2 Å². The van der Waals surface area contributed by atoms with Crippen LogP contribution in [0, 0.1) is 17.6 Å². The van der Waals surface area contributed by atoms with E-state index in [1.54, 1.807) is 0 Å². The summed E-state index contributed by atoms with van der Waals surface area (Å²) in [4.78, 5) is 15.2. The molecule has 0 saturated heterocycles. The number of halogens is 4. The van der Waals surface area contributed by atoms with Crippen molar-refractivity contribution >= 4 is 23.5 Å². The molecule has 0 fully saturated rings. The Labute approximate surface area is 149 Å². The molecule has 0 atom stereocenters. The molecule has 0 aliphatic carbocycles. The summed E-state index contributed by atoms with van der Waals surface area (Å²) < 4.78 is 43.7. The fourth-order valence-electron chi connectivity index (χ4n) is 2.75. The zero-order chi connectivity index (χ0) is 18.4. The number of imidazole rings is 1. The summed E-state index contributed by atoms with van der Waals surface area (Å²) in [7, 11) is 0. The van der Waals surface area contributed by atoms with Gasteiger partial charge in [-0.15, -0.1) is 0 Å². The van der Waals surface area contributed by atoms with Crippen molar-refractivity contribution in [2.45, 2.75) is 0 Å². The Bertz CT molecular complexity index is 1170. The van der Waals surface area contributed by atoms with Gasteiger partial charge in [-0.2, -0.15) is 9.49 Å². The Kier molecular flexibility index (Phi) is 3.77. The van der Waals surface area contributed by atoms with Crippen LogP contribution in [0.5, 0.6) is 0 Å². The molecule has 3 heterocycles. The van der Waals surface area contributed by atoms with Gasteiger partial charge in [0.2, 0.25) is 5.95 Å². The molecule has 0 aliphatic heterocycles. The number of carbonyl (C=O) groups excluding carboxylic acids is 1. The Morgan fingerprint density at radius 3 is 2.65 bits per heavy atom. The van der Waals surface area contributed by atoms with Crippen LogP contribution >= 0.6 is 11.6 Å². The third kappa shape index (κ3) is 2.46. The highest BCUT2D eigenvalue weighted by Crippen LogP contribution is 2.39. The first kappa shape index (κ1) is 16.3.